The third-order valence-electron chi connectivity index (χ3n) is 2.66. The van der Waals surface area contributed by atoms with Crippen molar-refractivity contribution in [2.24, 2.45) is 0 Å². The molecular formula is C14H23O6PS. The van der Waals surface area contributed by atoms with Crippen LogP contribution in [-0.2, 0) is 27.9 Å². The van der Waals surface area contributed by atoms with Crippen LogP contribution in [0.1, 0.15) is 32.3 Å². The Labute approximate surface area is 132 Å². The van der Waals surface area contributed by atoms with Crippen LogP contribution < -0.4 is 0 Å². The van der Waals surface area contributed by atoms with Crippen LogP contribution in [0.15, 0.2) is 29.2 Å². The second-order valence-corrected chi connectivity index (χ2v) is 8.40. The van der Waals surface area contributed by atoms with Crippen molar-refractivity contribution in [3.05, 3.63) is 29.8 Å². The molecule has 0 saturated heterocycles. The molecular weight excluding hydrogens is 327 g/mol. The monoisotopic (exact) mass is 350 g/mol. The van der Waals surface area contributed by atoms with Crippen LogP contribution in [0.4, 0.5) is 0 Å². The van der Waals surface area contributed by atoms with E-state index in [1.54, 1.807) is 12.1 Å². The second-order valence-electron chi connectivity index (χ2n) is 4.79. The lowest BCUT2D eigenvalue weighted by molar-refractivity contribution is 0.185. The van der Waals surface area contributed by atoms with Gasteiger partial charge in [0.1, 0.15) is 0 Å². The summed E-state index contributed by atoms with van der Waals surface area (Å²) >= 11 is 0. The van der Waals surface area contributed by atoms with Crippen molar-refractivity contribution in [2.75, 3.05) is 19.6 Å². The Morgan fingerprint density at radius 1 is 1.00 bits per heavy atom. The summed E-state index contributed by atoms with van der Waals surface area (Å²) in [5, 5.41) is 0. The average Bonchev–Trinajstić information content (AvgIpc) is 2.50. The normalized spacial score (nSPS) is 12.5. The van der Waals surface area contributed by atoms with Gasteiger partial charge in [-0.3, -0.25) is 8.75 Å². The molecule has 126 valence electrons. The first kappa shape index (κ1) is 19.3. The van der Waals surface area contributed by atoms with Crippen LogP contribution in [0.2, 0.25) is 0 Å². The fourth-order valence-corrected chi connectivity index (χ4v) is 4.30. The molecule has 6 nitrogen and oxygen atoms in total. The molecule has 0 aliphatic heterocycles. The van der Waals surface area contributed by atoms with Gasteiger partial charge in [-0.05, 0) is 31.9 Å². The highest BCUT2D eigenvalue weighted by Crippen LogP contribution is 2.48. The molecule has 0 aromatic heterocycles. The molecule has 0 N–H and O–H groups in total. The molecule has 1 rings (SSSR count). The molecule has 0 saturated carbocycles. The summed E-state index contributed by atoms with van der Waals surface area (Å²) in [5.41, 5.74) is 0.933. The standard InChI is InChI=1S/C14H23O6PS/c1-4-10-18-21(15,19-11-5-2)12-20-22(16,17)14-8-6-13(3)7-9-14/h6-9H,4-5,10-12H2,1-3H3. The van der Waals surface area contributed by atoms with E-state index in [9.17, 15) is 13.0 Å². The van der Waals surface area contributed by atoms with E-state index in [-0.39, 0.29) is 18.1 Å². The topological polar surface area (TPSA) is 78.9 Å². The SMILES string of the molecule is CCCOP(=O)(COS(=O)(=O)c1ccc(C)cc1)OCCC. The molecule has 0 fully saturated rings. The van der Waals surface area contributed by atoms with Crippen LogP contribution in [0.3, 0.4) is 0 Å². The first-order valence-corrected chi connectivity index (χ1v) is 10.3. The fourth-order valence-electron chi connectivity index (χ4n) is 1.48. The largest absolute Gasteiger partial charge is 0.357 e. The van der Waals surface area contributed by atoms with E-state index < -0.39 is 24.1 Å². The number of aryl methyl sites for hydroxylation is 1. The third kappa shape index (κ3) is 6.18. The van der Waals surface area contributed by atoms with Gasteiger partial charge in [0.25, 0.3) is 10.1 Å². The Kier molecular flexibility index (Phi) is 7.72. The summed E-state index contributed by atoms with van der Waals surface area (Å²) in [6.07, 6.45) is 0.664. The van der Waals surface area contributed by atoms with Crippen molar-refractivity contribution in [3.63, 3.8) is 0 Å². The minimum absolute atomic E-state index is 0.00985. The Bertz CT molecular complexity index is 584. The van der Waals surface area contributed by atoms with Crippen molar-refractivity contribution in [1.29, 1.82) is 0 Å². The predicted octanol–water partition coefficient (Wildman–Crippen LogP) is 3.70. The van der Waals surface area contributed by atoms with E-state index in [1.165, 1.54) is 12.1 Å². The van der Waals surface area contributed by atoms with E-state index in [4.69, 9.17) is 13.2 Å². The minimum Gasteiger partial charge on any atom is -0.307 e. The zero-order chi connectivity index (χ0) is 16.6. The molecule has 8 heteroatoms. The summed E-state index contributed by atoms with van der Waals surface area (Å²) < 4.78 is 51.8. The maximum atomic E-state index is 12.4. The van der Waals surface area contributed by atoms with Gasteiger partial charge in [0.05, 0.1) is 18.1 Å². The van der Waals surface area contributed by atoms with Gasteiger partial charge < -0.3 is 9.05 Å². The van der Waals surface area contributed by atoms with Crippen LogP contribution in [0.5, 0.6) is 0 Å². The zero-order valence-corrected chi connectivity index (χ0v) is 14.9. The van der Waals surface area contributed by atoms with Crippen LogP contribution in [0.25, 0.3) is 0 Å². The van der Waals surface area contributed by atoms with E-state index >= 15 is 0 Å². The maximum absolute atomic E-state index is 12.4. The lowest BCUT2D eigenvalue weighted by Crippen LogP contribution is -2.11. The number of benzene rings is 1. The molecule has 0 heterocycles. The lowest BCUT2D eigenvalue weighted by atomic mass is 10.2. The van der Waals surface area contributed by atoms with E-state index in [0.29, 0.717) is 12.8 Å². The van der Waals surface area contributed by atoms with Gasteiger partial charge in [-0.25, -0.2) is 0 Å². The number of hydrogen-bond donors (Lipinski definition) is 0. The van der Waals surface area contributed by atoms with Gasteiger partial charge >= 0.3 is 7.60 Å². The molecule has 0 spiro atoms. The molecule has 0 atom stereocenters. The van der Waals surface area contributed by atoms with E-state index in [2.05, 4.69) is 0 Å². The van der Waals surface area contributed by atoms with Gasteiger partial charge in [0.15, 0.2) is 6.35 Å². The number of rotatable bonds is 10. The second kappa shape index (κ2) is 8.79. The van der Waals surface area contributed by atoms with E-state index in [0.717, 1.165) is 5.56 Å². The third-order valence-corrected chi connectivity index (χ3v) is 5.71. The molecule has 0 aliphatic carbocycles. The van der Waals surface area contributed by atoms with Crippen molar-refractivity contribution < 1.29 is 26.2 Å². The summed E-state index contributed by atoms with van der Waals surface area (Å²) in [4.78, 5) is 0.00985. The Morgan fingerprint density at radius 2 is 1.50 bits per heavy atom. The van der Waals surface area contributed by atoms with Crippen LogP contribution >= 0.6 is 7.60 Å². The quantitative estimate of drug-likeness (QED) is 0.473. The zero-order valence-electron chi connectivity index (χ0n) is 13.1. The fraction of sp³-hybridized carbons (Fsp3) is 0.571. The number of hydrogen-bond acceptors (Lipinski definition) is 6. The summed E-state index contributed by atoms with van der Waals surface area (Å²) in [6.45, 7) is 5.99. The van der Waals surface area contributed by atoms with Crippen molar-refractivity contribution in [1.82, 2.24) is 0 Å². The summed E-state index contributed by atoms with van der Waals surface area (Å²) in [5.74, 6) is 0. The van der Waals surface area contributed by atoms with Crippen molar-refractivity contribution in [3.8, 4) is 0 Å². The molecule has 0 amide bonds. The molecule has 0 aliphatic rings. The predicted molar refractivity (Wildman–Crippen MR) is 84.4 cm³/mol. The smallest absolute Gasteiger partial charge is 0.307 e. The van der Waals surface area contributed by atoms with Gasteiger partial charge in [-0.15, -0.1) is 0 Å². The summed E-state index contributed by atoms with van der Waals surface area (Å²) in [7, 11) is -7.57. The molecule has 0 bridgehead atoms. The molecule has 0 unspecified atom stereocenters. The average molecular weight is 350 g/mol. The molecule has 22 heavy (non-hydrogen) atoms. The summed E-state index contributed by atoms with van der Waals surface area (Å²) in [6, 6.07) is 6.21. The lowest BCUT2D eigenvalue weighted by Gasteiger charge is -2.17. The van der Waals surface area contributed by atoms with Gasteiger partial charge in [-0.1, -0.05) is 31.5 Å². The Morgan fingerprint density at radius 3 is 1.95 bits per heavy atom. The highest BCUT2D eigenvalue weighted by Gasteiger charge is 2.28. The van der Waals surface area contributed by atoms with Gasteiger partial charge in [0.2, 0.25) is 0 Å². The molecule has 1 aromatic carbocycles. The first-order valence-electron chi connectivity index (χ1n) is 7.17. The van der Waals surface area contributed by atoms with Crippen molar-refractivity contribution >= 4 is 17.7 Å². The van der Waals surface area contributed by atoms with Crippen molar-refractivity contribution in [2.45, 2.75) is 38.5 Å². The van der Waals surface area contributed by atoms with E-state index in [1.807, 2.05) is 20.8 Å². The maximum Gasteiger partial charge on any atom is 0.357 e. The van der Waals surface area contributed by atoms with Gasteiger partial charge in [0, 0.05) is 0 Å². The highest BCUT2D eigenvalue weighted by molar-refractivity contribution is 7.87. The minimum atomic E-state index is -3.99. The van der Waals surface area contributed by atoms with Crippen LogP contribution in [0, 0.1) is 6.92 Å². The van der Waals surface area contributed by atoms with Crippen LogP contribution in [-0.4, -0.2) is 28.0 Å². The molecule has 0 radical (unpaired) electrons. The van der Waals surface area contributed by atoms with Gasteiger partial charge in [-0.2, -0.15) is 8.42 Å². The molecule has 1 aromatic rings. The highest BCUT2D eigenvalue weighted by atomic mass is 32.2. The Hall–Kier alpha value is -0.720. The first-order chi connectivity index (χ1) is 10.3. The Balaban J connectivity index is 2.77.